The predicted molar refractivity (Wildman–Crippen MR) is 93.1 cm³/mol. The van der Waals surface area contributed by atoms with E-state index >= 15 is 0 Å². The molecule has 116 valence electrons. The normalized spacial score (nSPS) is 13.0. The summed E-state index contributed by atoms with van der Waals surface area (Å²) < 4.78 is 2.38. The van der Waals surface area contributed by atoms with Gasteiger partial charge in [-0.2, -0.15) is 0 Å². The zero-order valence-electron chi connectivity index (χ0n) is 13.6. The molecular weight excluding hydrogens is 272 g/mol. The molecule has 0 amide bonds. The van der Waals surface area contributed by atoms with E-state index in [0.717, 1.165) is 53.4 Å². The minimum absolute atomic E-state index is 0.405. The third-order valence-corrected chi connectivity index (χ3v) is 4.41. The molecule has 0 saturated heterocycles. The van der Waals surface area contributed by atoms with E-state index < -0.39 is 0 Å². The van der Waals surface area contributed by atoms with Crippen molar-refractivity contribution in [2.45, 2.75) is 52.5 Å². The van der Waals surface area contributed by atoms with Crippen molar-refractivity contribution in [1.82, 2.24) is 14.5 Å². The standard InChI is InChI=1S/C18H24N4/c1-4-6-11-15-21-16-17(22(15)12(3)5-2)13-9-7-8-10-14(13)20-18(16)19/h7-10,12H,4-6,11H2,1-3H3,(H2,19,20). The van der Waals surface area contributed by atoms with E-state index in [9.17, 15) is 0 Å². The van der Waals surface area contributed by atoms with Crippen molar-refractivity contribution in [2.24, 2.45) is 0 Å². The van der Waals surface area contributed by atoms with Crippen LogP contribution in [0.25, 0.3) is 21.9 Å². The van der Waals surface area contributed by atoms with Crippen LogP contribution in [0.1, 0.15) is 51.9 Å². The van der Waals surface area contributed by atoms with Gasteiger partial charge in [0.1, 0.15) is 11.3 Å². The van der Waals surface area contributed by atoms with Gasteiger partial charge in [-0.05, 0) is 25.8 Å². The van der Waals surface area contributed by atoms with Crippen molar-refractivity contribution >= 4 is 27.8 Å². The molecule has 3 aromatic rings. The molecule has 0 bridgehead atoms. The van der Waals surface area contributed by atoms with E-state index in [1.54, 1.807) is 0 Å². The fourth-order valence-electron chi connectivity index (χ4n) is 3.04. The lowest BCUT2D eigenvalue weighted by atomic mass is 10.1. The molecule has 3 rings (SSSR count). The van der Waals surface area contributed by atoms with E-state index in [-0.39, 0.29) is 0 Å². The molecule has 4 heteroatoms. The Morgan fingerprint density at radius 1 is 1.18 bits per heavy atom. The van der Waals surface area contributed by atoms with Crippen LogP contribution < -0.4 is 5.73 Å². The summed E-state index contributed by atoms with van der Waals surface area (Å²) in [5.74, 6) is 1.67. The summed E-state index contributed by atoms with van der Waals surface area (Å²) in [5, 5.41) is 1.14. The number of aryl methyl sites for hydroxylation is 1. The van der Waals surface area contributed by atoms with Gasteiger partial charge in [0.05, 0.1) is 11.0 Å². The smallest absolute Gasteiger partial charge is 0.152 e. The van der Waals surface area contributed by atoms with Crippen molar-refractivity contribution in [3.05, 3.63) is 30.1 Å². The zero-order chi connectivity index (χ0) is 15.7. The summed E-state index contributed by atoms with van der Waals surface area (Å²) in [7, 11) is 0. The number of fused-ring (bicyclic) bond motifs is 3. The average molecular weight is 296 g/mol. The summed E-state index contributed by atoms with van der Waals surface area (Å²) in [6.07, 6.45) is 4.37. The van der Waals surface area contributed by atoms with Gasteiger partial charge in [0.2, 0.25) is 0 Å². The van der Waals surface area contributed by atoms with Crippen molar-refractivity contribution in [2.75, 3.05) is 5.73 Å². The Morgan fingerprint density at radius 2 is 1.95 bits per heavy atom. The summed E-state index contributed by atoms with van der Waals surface area (Å²) in [4.78, 5) is 9.37. The van der Waals surface area contributed by atoms with Gasteiger partial charge in [0.25, 0.3) is 0 Å². The van der Waals surface area contributed by atoms with Gasteiger partial charge in [-0.1, -0.05) is 38.5 Å². The Hall–Kier alpha value is -2.10. The highest BCUT2D eigenvalue weighted by molar-refractivity contribution is 6.06. The van der Waals surface area contributed by atoms with Crippen LogP contribution >= 0.6 is 0 Å². The SMILES string of the molecule is CCCCc1nc2c(N)nc3ccccc3c2n1C(C)CC. The Balaban J connectivity index is 2.37. The van der Waals surface area contributed by atoms with Crippen LogP contribution in [-0.2, 0) is 6.42 Å². The lowest BCUT2D eigenvalue weighted by Crippen LogP contribution is -2.09. The number of aromatic nitrogens is 3. The average Bonchev–Trinajstić information content (AvgIpc) is 2.92. The highest BCUT2D eigenvalue weighted by atomic mass is 15.1. The van der Waals surface area contributed by atoms with Crippen LogP contribution in [-0.4, -0.2) is 14.5 Å². The number of benzene rings is 1. The summed E-state index contributed by atoms with van der Waals surface area (Å²) >= 11 is 0. The molecule has 0 aliphatic rings. The maximum Gasteiger partial charge on any atom is 0.152 e. The minimum Gasteiger partial charge on any atom is -0.382 e. The van der Waals surface area contributed by atoms with Crippen molar-refractivity contribution in [1.29, 1.82) is 0 Å². The number of nitrogen functional groups attached to an aromatic ring is 1. The van der Waals surface area contributed by atoms with E-state index in [1.165, 1.54) is 0 Å². The molecule has 22 heavy (non-hydrogen) atoms. The first-order valence-electron chi connectivity index (χ1n) is 8.22. The maximum absolute atomic E-state index is 6.19. The van der Waals surface area contributed by atoms with Crippen LogP contribution in [0.15, 0.2) is 24.3 Å². The molecule has 2 aromatic heterocycles. The quantitative estimate of drug-likeness (QED) is 0.755. The van der Waals surface area contributed by atoms with Crippen molar-refractivity contribution in [3.63, 3.8) is 0 Å². The Bertz CT molecular complexity index is 804. The number of nitrogens with two attached hydrogens (primary N) is 1. The molecule has 1 unspecified atom stereocenters. The first-order chi connectivity index (χ1) is 10.7. The number of anilines is 1. The lowest BCUT2D eigenvalue weighted by Gasteiger charge is -2.17. The highest BCUT2D eigenvalue weighted by Gasteiger charge is 2.19. The van der Waals surface area contributed by atoms with Gasteiger partial charge >= 0.3 is 0 Å². The van der Waals surface area contributed by atoms with Gasteiger partial charge in [-0.3, -0.25) is 0 Å². The predicted octanol–water partition coefficient (Wildman–Crippen LogP) is 4.48. The summed E-state index contributed by atoms with van der Waals surface area (Å²) in [6.45, 7) is 6.68. The number of hydrogen-bond donors (Lipinski definition) is 1. The Morgan fingerprint density at radius 3 is 2.68 bits per heavy atom. The minimum atomic E-state index is 0.405. The number of rotatable bonds is 5. The van der Waals surface area contributed by atoms with E-state index in [4.69, 9.17) is 10.7 Å². The molecule has 0 aliphatic heterocycles. The highest BCUT2D eigenvalue weighted by Crippen LogP contribution is 2.32. The van der Waals surface area contributed by atoms with Crippen molar-refractivity contribution < 1.29 is 0 Å². The van der Waals surface area contributed by atoms with Crippen LogP contribution in [0, 0.1) is 0 Å². The first kappa shape index (κ1) is 14.8. The second kappa shape index (κ2) is 5.95. The summed E-state index contributed by atoms with van der Waals surface area (Å²) in [6, 6.07) is 8.60. The molecule has 0 fully saturated rings. The largest absolute Gasteiger partial charge is 0.382 e. The van der Waals surface area contributed by atoms with Crippen molar-refractivity contribution in [3.8, 4) is 0 Å². The van der Waals surface area contributed by atoms with Crippen LogP contribution in [0.2, 0.25) is 0 Å². The fourth-order valence-corrected chi connectivity index (χ4v) is 3.04. The number of hydrogen-bond acceptors (Lipinski definition) is 3. The summed E-state index contributed by atoms with van der Waals surface area (Å²) in [5.41, 5.74) is 9.13. The van der Waals surface area contributed by atoms with E-state index in [1.807, 2.05) is 12.1 Å². The number of imidazole rings is 1. The molecule has 1 aromatic carbocycles. The second-order valence-corrected chi connectivity index (χ2v) is 5.97. The van der Waals surface area contributed by atoms with Gasteiger partial charge < -0.3 is 10.3 Å². The Labute approximate surface area is 131 Å². The molecule has 0 radical (unpaired) electrons. The zero-order valence-corrected chi connectivity index (χ0v) is 13.6. The molecule has 0 spiro atoms. The van der Waals surface area contributed by atoms with Crippen LogP contribution in [0.5, 0.6) is 0 Å². The van der Waals surface area contributed by atoms with Crippen LogP contribution in [0.3, 0.4) is 0 Å². The molecular formula is C18H24N4. The molecule has 4 nitrogen and oxygen atoms in total. The second-order valence-electron chi connectivity index (χ2n) is 5.97. The first-order valence-corrected chi connectivity index (χ1v) is 8.22. The van der Waals surface area contributed by atoms with Gasteiger partial charge in [0.15, 0.2) is 5.82 Å². The number of para-hydroxylation sites is 1. The topological polar surface area (TPSA) is 56.7 Å². The van der Waals surface area contributed by atoms with Gasteiger partial charge in [-0.25, -0.2) is 9.97 Å². The lowest BCUT2D eigenvalue weighted by molar-refractivity contribution is 0.517. The Kier molecular flexibility index (Phi) is 4.01. The van der Waals surface area contributed by atoms with Crippen LogP contribution in [0.4, 0.5) is 5.82 Å². The number of unbranched alkanes of at least 4 members (excludes halogenated alkanes) is 1. The molecule has 1 atom stereocenters. The maximum atomic E-state index is 6.19. The van der Waals surface area contributed by atoms with E-state index in [0.29, 0.717) is 11.9 Å². The molecule has 2 N–H and O–H groups in total. The van der Waals surface area contributed by atoms with Gasteiger partial charge in [0, 0.05) is 17.8 Å². The third kappa shape index (κ3) is 2.32. The van der Waals surface area contributed by atoms with E-state index in [2.05, 4.69) is 42.5 Å². The monoisotopic (exact) mass is 296 g/mol. The molecule has 0 saturated carbocycles. The molecule has 0 aliphatic carbocycles. The fraction of sp³-hybridized carbons (Fsp3) is 0.444. The molecule has 2 heterocycles. The number of nitrogens with zero attached hydrogens (tertiary/aromatic N) is 3. The number of pyridine rings is 1. The third-order valence-electron chi connectivity index (χ3n) is 4.41. The van der Waals surface area contributed by atoms with Gasteiger partial charge in [-0.15, -0.1) is 0 Å².